The predicted octanol–water partition coefficient (Wildman–Crippen LogP) is 3.37. The maximum Gasteiger partial charge on any atom is 0.283 e. The Hall–Kier alpha value is -2.81. The van der Waals surface area contributed by atoms with Crippen LogP contribution in [0.3, 0.4) is 0 Å². The second kappa shape index (κ2) is 7.95. The number of thioether (sulfide) groups is 1. The first-order chi connectivity index (χ1) is 15.4. The smallest absolute Gasteiger partial charge is 0.283 e. The van der Waals surface area contributed by atoms with Crippen molar-refractivity contribution in [3.63, 3.8) is 0 Å². The number of nitrogens with zero attached hydrogens (tertiary/aromatic N) is 4. The second-order valence-corrected chi connectivity index (χ2v) is 9.84. The van der Waals surface area contributed by atoms with E-state index in [9.17, 15) is 9.59 Å². The molecule has 3 heterocycles. The zero-order chi connectivity index (χ0) is 22.6. The highest BCUT2D eigenvalue weighted by atomic mass is 35.5. The van der Waals surface area contributed by atoms with Gasteiger partial charge in [0.2, 0.25) is 0 Å². The number of fused-ring (bicyclic) bond motifs is 1. The molecule has 0 radical (unpaired) electrons. The van der Waals surface area contributed by atoms with Crippen LogP contribution < -0.4 is 24.7 Å². The molecule has 2 aromatic carbocycles. The summed E-state index contributed by atoms with van der Waals surface area (Å²) in [6, 6.07) is 15.1. The van der Waals surface area contributed by atoms with Crippen LogP contribution in [0.2, 0.25) is 5.02 Å². The van der Waals surface area contributed by atoms with E-state index in [4.69, 9.17) is 11.6 Å². The second-order valence-electron chi connectivity index (χ2n) is 7.37. The molecular formula is C23H19ClN4O2S2. The highest BCUT2D eigenvalue weighted by Crippen LogP contribution is 2.45. The first-order valence-corrected chi connectivity index (χ1v) is 12.1. The van der Waals surface area contributed by atoms with Gasteiger partial charge < -0.3 is 9.47 Å². The van der Waals surface area contributed by atoms with E-state index in [1.807, 2.05) is 12.1 Å². The van der Waals surface area contributed by atoms with Crippen LogP contribution in [0.1, 0.15) is 13.8 Å². The van der Waals surface area contributed by atoms with E-state index in [0.29, 0.717) is 31.2 Å². The highest BCUT2D eigenvalue weighted by Gasteiger charge is 2.32. The molecule has 0 bridgehead atoms. The van der Waals surface area contributed by atoms with Crippen LogP contribution in [0.15, 0.2) is 63.3 Å². The minimum Gasteiger partial charge on any atom is -0.334 e. The minimum atomic E-state index is -0.257. The Balaban J connectivity index is 1.69. The summed E-state index contributed by atoms with van der Waals surface area (Å²) in [4.78, 5) is 29.8. The lowest BCUT2D eigenvalue weighted by molar-refractivity contribution is -0.112. The third-order valence-corrected chi connectivity index (χ3v) is 8.23. The number of hydrazone groups is 1. The van der Waals surface area contributed by atoms with Crippen LogP contribution in [0, 0.1) is 0 Å². The lowest BCUT2D eigenvalue weighted by atomic mass is 10.2. The molecule has 1 aromatic heterocycles. The number of amides is 1. The van der Waals surface area contributed by atoms with Gasteiger partial charge in [0.1, 0.15) is 14.2 Å². The standard InChI is InChI=1S/C23H19ClN4O2S2/c1-4-27-16-7-5-6-8-17(16)31-23(27)19-21(30)26(3)22(32-19)18-13(2)25-28(20(18)29)15-11-9-14(24)10-12-15/h5-12H,4H2,1-3H3/b22-18+,23-19-. The number of benzene rings is 2. The average Bonchev–Trinajstić information content (AvgIpc) is 3.40. The fourth-order valence-corrected chi connectivity index (χ4v) is 6.54. The van der Waals surface area contributed by atoms with Gasteiger partial charge in [-0.2, -0.15) is 10.1 Å². The molecule has 32 heavy (non-hydrogen) atoms. The van der Waals surface area contributed by atoms with Gasteiger partial charge in [0.25, 0.3) is 11.5 Å². The SMILES string of the molecule is CCN1/C(=c2/s/c(=C3/C(=O)N(c4ccc(Cl)cc4)N=C3C)n(C)c2=O)Sc2ccccc21. The summed E-state index contributed by atoms with van der Waals surface area (Å²) in [5, 5.41) is 7.30. The molecule has 0 saturated carbocycles. The van der Waals surface area contributed by atoms with Gasteiger partial charge in [0.15, 0.2) is 0 Å². The van der Waals surface area contributed by atoms with Crippen molar-refractivity contribution < 1.29 is 4.79 Å². The van der Waals surface area contributed by atoms with E-state index in [0.717, 1.165) is 22.2 Å². The molecule has 162 valence electrons. The molecule has 0 atom stereocenters. The molecule has 9 heteroatoms. The molecular weight excluding hydrogens is 464 g/mol. The average molecular weight is 483 g/mol. The molecule has 1 amide bonds. The van der Waals surface area contributed by atoms with E-state index in [-0.39, 0.29) is 11.5 Å². The number of thiazole rings is 1. The van der Waals surface area contributed by atoms with E-state index in [1.54, 1.807) is 54.6 Å². The number of rotatable bonds is 2. The maximum absolute atomic E-state index is 13.3. The number of halogens is 1. The Labute approximate surface area is 197 Å². The van der Waals surface area contributed by atoms with Crippen molar-refractivity contribution in [2.24, 2.45) is 12.1 Å². The summed E-state index contributed by atoms with van der Waals surface area (Å²) in [7, 11) is 1.71. The van der Waals surface area contributed by atoms with Gasteiger partial charge in [-0.05, 0) is 50.2 Å². The van der Waals surface area contributed by atoms with Gasteiger partial charge in [-0.25, -0.2) is 0 Å². The van der Waals surface area contributed by atoms with Crippen LogP contribution >= 0.6 is 34.7 Å². The van der Waals surface area contributed by atoms with Gasteiger partial charge >= 0.3 is 0 Å². The zero-order valence-corrected chi connectivity index (χ0v) is 20.0. The quantitative estimate of drug-likeness (QED) is 0.562. The maximum atomic E-state index is 13.3. The Morgan fingerprint density at radius 1 is 1.06 bits per heavy atom. The minimum absolute atomic E-state index is 0.114. The number of hydrogen-bond donors (Lipinski definition) is 0. The van der Waals surface area contributed by atoms with Gasteiger partial charge in [-0.3, -0.25) is 9.59 Å². The fraction of sp³-hybridized carbons (Fsp3) is 0.174. The van der Waals surface area contributed by atoms with Crippen molar-refractivity contribution in [3.8, 4) is 0 Å². The van der Waals surface area contributed by atoms with E-state index < -0.39 is 0 Å². The topological polar surface area (TPSA) is 57.9 Å². The molecule has 0 fully saturated rings. The molecule has 2 aliphatic rings. The van der Waals surface area contributed by atoms with Crippen molar-refractivity contribution in [1.29, 1.82) is 0 Å². The first-order valence-electron chi connectivity index (χ1n) is 10.0. The van der Waals surface area contributed by atoms with Crippen molar-refractivity contribution >= 4 is 68.3 Å². The van der Waals surface area contributed by atoms with E-state index in [1.165, 1.54) is 16.3 Å². The summed E-state index contributed by atoms with van der Waals surface area (Å²) in [5.74, 6) is -0.257. The summed E-state index contributed by atoms with van der Waals surface area (Å²) in [6.07, 6.45) is 0. The van der Waals surface area contributed by atoms with E-state index >= 15 is 0 Å². The third kappa shape index (κ3) is 3.21. The van der Waals surface area contributed by atoms with Crippen molar-refractivity contribution in [1.82, 2.24) is 4.57 Å². The first kappa shape index (κ1) is 21.1. The summed E-state index contributed by atoms with van der Waals surface area (Å²) in [5.41, 5.74) is 2.64. The van der Waals surface area contributed by atoms with Gasteiger partial charge in [-0.15, -0.1) is 11.3 Å². The Bertz CT molecular complexity index is 1470. The summed E-state index contributed by atoms with van der Waals surface area (Å²) < 4.78 is 2.79. The number of aromatic nitrogens is 1. The number of hydrogen-bond acceptors (Lipinski definition) is 6. The zero-order valence-electron chi connectivity index (χ0n) is 17.6. The van der Waals surface area contributed by atoms with Crippen LogP contribution in [-0.2, 0) is 11.8 Å². The molecule has 0 spiro atoms. The monoisotopic (exact) mass is 482 g/mol. The molecule has 5 rings (SSSR count). The van der Waals surface area contributed by atoms with Gasteiger partial charge in [0, 0.05) is 23.5 Å². The summed E-state index contributed by atoms with van der Waals surface area (Å²) in [6.45, 7) is 4.60. The van der Waals surface area contributed by atoms with Gasteiger partial charge in [-0.1, -0.05) is 35.5 Å². The molecule has 0 unspecified atom stereocenters. The van der Waals surface area contributed by atoms with Crippen LogP contribution in [0.4, 0.5) is 11.4 Å². The number of para-hydroxylation sites is 1. The van der Waals surface area contributed by atoms with Crippen molar-refractivity contribution in [2.75, 3.05) is 16.5 Å². The molecule has 0 N–H and O–H groups in total. The number of anilines is 2. The highest BCUT2D eigenvalue weighted by molar-refractivity contribution is 8.08. The Kier molecular flexibility index (Phi) is 5.23. The molecule has 0 saturated heterocycles. The molecule has 6 nitrogen and oxygen atoms in total. The van der Waals surface area contributed by atoms with Crippen LogP contribution in [-0.4, -0.2) is 22.7 Å². The lowest BCUT2D eigenvalue weighted by Crippen LogP contribution is -2.34. The Morgan fingerprint density at radius 3 is 2.50 bits per heavy atom. The van der Waals surface area contributed by atoms with Crippen LogP contribution in [0.5, 0.6) is 0 Å². The molecule has 3 aromatic rings. The van der Waals surface area contributed by atoms with Crippen molar-refractivity contribution in [3.05, 3.63) is 73.1 Å². The number of carbonyl (C=O) groups excluding carboxylic acids is 1. The number of carbonyl (C=O) groups is 1. The molecule has 0 aliphatic carbocycles. The van der Waals surface area contributed by atoms with Gasteiger partial charge in [0.05, 0.1) is 22.7 Å². The Morgan fingerprint density at radius 2 is 1.78 bits per heavy atom. The molecule has 2 aliphatic heterocycles. The van der Waals surface area contributed by atoms with Crippen molar-refractivity contribution in [2.45, 2.75) is 18.7 Å². The lowest BCUT2D eigenvalue weighted by Gasteiger charge is -2.16. The fourth-order valence-electron chi connectivity index (χ4n) is 3.83. The van der Waals surface area contributed by atoms with E-state index in [2.05, 4.69) is 29.1 Å². The summed E-state index contributed by atoms with van der Waals surface area (Å²) >= 11 is 8.91. The van der Waals surface area contributed by atoms with Crippen LogP contribution in [0.25, 0.3) is 10.6 Å². The largest absolute Gasteiger partial charge is 0.334 e. The predicted molar refractivity (Wildman–Crippen MR) is 133 cm³/mol. The third-order valence-electron chi connectivity index (χ3n) is 5.42. The normalized spacial score (nSPS) is 19.0.